The topological polar surface area (TPSA) is 70.3 Å². The van der Waals surface area contributed by atoms with Gasteiger partial charge in [0.05, 0.1) is 17.2 Å². The molecule has 0 aliphatic heterocycles. The van der Waals surface area contributed by atoms with Crippen molar-refractivity contribution in [1.82, 2.24) is 0 Å². The molecule has 0 bridgehead atoms. The molecule has 0 fully saturated rings. The van der Waals surface area contributed by atoms with Crippen LogP contribution in [-0.2, 0) is 11.0 Å². The van der Waals surface area contributed by atoms with Crippen LogP contribution in [0.1, 0.15) is 11.1 Å². The van der Waals surface area contributed by atoms with Crippen LogP contribution in [0.4, 0.5) is 13.2 Å². The zero-order chi connectivity index (χ0) is 17.0. The van der Waals surface area contributed by atoms with Crippen LogP contribution < -0.4 is 4.74 Å². The van der Waals surface area contributed by atoms with Gasteiger partial charge in [-0.25, -0.2) is 4.79 Å². The summed E-state index contributed by atoms with van der Waals surface area (Å²) in [4.78, 5) is 10.6. The van der Waals surface area contributed by atoms with Gasteiger partial charge in [0.15, 0.2) is 6.61 Å². The maximum Gasteiger partial charge on any atom is 0.416 e. The summed E-state index contributed by atoms with van der Waals surface area (Å²) in [5.41, 5.74) is -0.0330. The van der Waals surface area contributed by atoms with Crippen LogP contribution in [0, 0.1) is 11.3 Å². The lowest BCUT2D eigenvalue weighted by atomic mass is 10.0. The monoisotopic (exact) mass is 321 g/mol. The molecule has 0 aliphatic carbocycles. The number of alkyl halides is 3. The lowest BCUT2D eigenvalue weighted by Crippen LogP contribution is -2.11. The number of benzene rings is 2. The molecule has 0 saturated heterocycles. The van der Waals surface area contributed by atoms with Gasteiger partial charge in [0.1, 0.15) is 5.75 Å². The maximum absolute atomic E-state index is 12.9. The summed E-state index contributed by atoms with van der Waals surface area (Å²) in [6.45, 7) is -0.672. The van der Waals surface area contributed by atoms with Gasteiger partial charge in [-0.05, 0) is 35.9 Å². The van der Waals surface area contributed by atoms with Gasteiger partial charge in [-0.15, -0.1) is 0 Å². The van der Waals surface area contributed by atoms with Crippen LogP contribution in [0.5, 0.6) is 5.75 Å². The molecule has 1 N–H and O–H groups in total. The molecule has 0 radical (unpaired) electrons. The van der Waals surface area contributed by atoms with E-state index in [0.717, 1.165) is 18.2 Å². The van der Waals surface area contributed by atoms with Crippen LogP contribution in [0.15, 0.2) is 42.5 Å². The number of rotatable bonds is 4. The first-order valence-corrected chi connectivity index (χ1v) is 6.37. The molecule has 118 valence electrons. The Morgan fingerprint density at radius 1 is 1.17 bits per heavy atom. The second-order valence-corrected chi connectivity index (χ2v) is 4.58. The quantitative estimate of drug-likeness (QED) is 0.932. The summed E-state index contributed by atoms with van der Waals surface area (Å²) >= 11 is 0. The van der Waals surface area contributed by atoms with Crippen molar-refractivity contribution in [1.29, 1.82) is 5.26 Å². The Hall–Kier alpha value is -3.01. The summed E-state index contributed by atoms with van der Waals surface area (Å²) in [5, 5.41) is 17.4. The van der Waals surface area contributed by atoms with Crippen molar-refractivity contribution in [3.05, 3.63) is 53.6 Å². The number of carbonyl (C=O) groups is 1. The van der Waals surface area contributed by atoms with E-state index in [2.05, 4.69) is 0 Å². The van der Waals surface area contributed by atoms with Gasteiger partial charge in [-0.1, -0.05) is 12.1 Å². The molecule has 0 amide bonds. The number of ether oxygens (including phenoxy) is 1. The zero-order valence-corrected chi connectivity index (χ0v) is 11.6. The van der Waals surface area contributed by atoms with E-state index in [1.54, 1.807) is 0 Å². The first kappa shape index (κ1) is 16.4. The van der Waals surface area contributed by atoms with E-state index in [-0.39, 0.29) is 11.3 Å². The van der Waals surface area contributed by atoms with Crippen molar-refractivity contribution in [3.8, 4) is 22.9 Å². The molecule has 0 unspecified atom stereocenters. The second-order valence-electron chi connectivity index (χ2n) is 4.58. The van der Waals surface area contributed by atoms with Gasteiger partial charge in [0, 0.05) is 5.56 Å². The molecule has 2 aromatic carbocycles. The number of hydrogen-bond donors (Lipinski definition) is 1. The number of nitrogens with zero attached hydrogens (tertiary/aromatic N) is 1. The zero-order valence-electron chi connectivity index (χ0n) is 11.6. The molecule has 0 heterocycles. The molecule has 0 aliphatic rings. The fraction of sp³-hybridized carbons (Fsp3) is 0.125. The molecule has 0 atom stereocenters. The Morgan fingerprint density at radius 3 is 2.35 bits per heavy atom. The number of aliphatic carboxylic acids is 1. The van der Waals surface area contributed by atoms with Crippen molar-refractivity contribution in [2.75, 3.05) is 6.61 Å². The minimum Gasteiger partial charge on any atom is -0.481 e. The minimum atomic E-state index is -4.54. The van der Waals surface area contributed by atoms with Crippen LogP contribution >= 0.6 is 0 Å². The second kappa shape index (κ2) is 6.40. The summed E-state index contributed by atoms with van der Waals surface area (Å²) in [6, 6.07) is 10.6. The number of carboxylic acid groups (broad SMARTS) is 1. The van der Waals surface area contributed by atoms with E-state index in [4.69, 9.17) is 15.1 Å². The fourth-order valence-corrected chi connectivity index (χ4v) is 1.92. The molecular weight excluding hydrogens is 311 g/mol. The molecule has 7 heteroatoms. The SMILES string of the molecule is N#Cc1ccc(-c2cc(C(F)(F)F)ccc2OCC(=O)O)cc1. The summed E-state index contributed by atoms with van der Waals surface area (Å²) in [6.07, 6.45) is -4.54. The normalized spacial score (nSPS) is 10.9. The smallest absolute Gasteiger partial charge is 0.416 e. The molecular formula is C16H10F3NO3. The Labute approximate surface area is 129 Å². The Morgan fingerprint density at radius 2 is 1.83 bits per heavy atom. The number of hydrogen-bond acceptors (Lipinski definition) is 3. The lowest BCUT2D eigenvalue weighted by molar-refractivity contribution is -0.140. The highest BCUT2D eigenvalue weighted by molar-refractivity contribution is 5.73. The first-order chi connectivity index (χ1) is 10.8. The highest BCUT2D eigenvalue weighted by Crippen LogP contribution is 2.37. The molecule has 0 saturated carbocycles. The summed E-state index contributed by atoms with van der Waals surface area (Å²) in [5.74, 6) is -1.22. The third kappa shape index (κ3) is 4.01. The largest absolute Gasteiger partial charge is 0.481 e. The fourth-order valence-electron chi connectivity index (χ4n) is 1.92. The van der Waals surface area contributed by atoms with Gasteiger partial charge < -0.3 is 9.84 Å². The van der Waals surface area contributed by atoms with E-state index in [9.17, 15) is 18.0 Å². The first-order valence-electron chi connectivity index (χ1n) is 6.37. The number of carboxylic acids is 1. The van der Waals surface area contributed by atoms with Gasteiger partial charge in [-0.3, -0.25) is 0 Å². The van der Waals surface area contributed by atoms with Crippen molar-refractivity contribution in [3.63, 3.8) is 0 Å². The maximum atomic E-state index is 12.9. The van der Waals surface area contributed by atoms with Crippen molar-refractivity contribution < 1.29 is 27.8 Å². The summed E-state index contributed by atoms with van der Waals surface area (Å²) in [7, 11) is 0. The molecule has 0 aromatic heterocycles. The van der Waals surface area contributed by atoms with Gasteiger partial charge in [0.2, 0.25) is 0 Å². The third-order valence-corrected chi connectivity index (χ3v) is 2.98. The van der Waals surface area contributed by atoms with Crippen molar-refractivity contribution >= 4 is 5.97 Å². The molecule has 4 nitrogen and oxygen atoms in total. The Balaban J connectivity index is 2.50. The number of halogens is 3. The van der Waals surface area contributed by atoms with Crippen LogP contribution in [0.2, 0.25) is 0 Å². The van der Waals surface area contributed by atoms with Crippen LogP contribution in [0.25, 0.3) is 11.1 Å². The molecule has 2 rings (SSSR count). The van der Waals surface area contributed by atoms with E-state index >= 15 is 0 Å². The number of nitriles is 1. The average molecular weight is 321 g/mol. The van der Waals surface area contributed by atoms with Crippen molar-refractivity contribution in [2.24, 2.45) is 0 Å². The third-order valence-electron chi connectivity index (χ3n) is 2.98. The van der Waals surface area contributed by atoms with Gasteiger partial charge in [-0.2, -0.15) is 18.4 Å². The van der Waals surface area contributed by atoms with Gasteiger partial charge in [0.25, 0.3) is 0 Å². The van der Waals surface area contributed by atoms with E-state index in [0.29, 0.717) is 11.1 Å². The predicted octanol–water partition coefficient (Wildman–Crippen LogP) is 3.71. The summed E-state index contributed by atoms with van der Waals surface area (Å²) < 4.78 is 43.7. The van der Waals surface area contributed by atoms with Crippen molar-refractivity contribution in [2.45, 2.75) is 6.18 Å². The lowest BCUT2D eigenvalue weighted by Gasteiger charge is -2.14. The molecule has 23 heavy (non-hydrogen) atoms. The highest BCUT2D eigenvalue weighted by Gasteiger charge is 2.31. The Kier molecular flexibility index (Phi) is 4.55. The van der Waals surface area contributed by atoms with Crippen LogP contribution in [-0.4, -0.2) is 17.7 Å². The molecule has 0 spiro atoms. The van der Waals surface area contributed by atoms with E-state index in [1.807, 2.05) is 6.07 Å². The Bertz CT molecular complexity index is 762. The van der Waals surface area contributed by atoms with E-state index in [1.165, 1.54) is 24.3 Å². The molecule has 2 aromatic rings. The van der Waals surface area contributed by atoms with E-state index < -0.39 is 24.3 Å². The highest BCUT2D eigenvalue weighted by atomic mass is 19.4. The van der Waals surface area contributed by atoms with Gasteiger partial charge >= 0.3 is 12.1 Å². The standard InChI is InChI=1S/C16H10F3NO3/c17-16(18,19)12-5-6-14(23-9-15(21)22)13(7-12)11-3-1-10(8-20)2-4-11/h1-7H,9H2,(H,21,22). The predicted molar refractivity (Wildman–Crippen MR) is 74.7 cm³/mol. The average Bonchev–Trinajstić information content (AvgIpc) is 2.52. The minimum absolute atomic E-state index is 0.0186. The van der Waals surface area contributed by atoms with Crippen LogP contribution in [0.3, 0.4) is 0 Å².